The minimum absolute atomic E-state index is 0.0319. The number of nitrogens with one attached hydrogen (secondary N) is 1. The van der Waals surface area contributed by atoms with E-state index in [1.54, 1.807) is 12.0 Å². The number of carbonyl (C=O) groups is 2. The third-order valence-electron chi connectivity index (χ3n) is 5.36. The largest absolute Gasteiger partial charge is 0.496 e. The van der Waals surface area contributed by atoms with E-state index in [1.807, 2.05) is 24.3 Å². The van der Waals surface area contributed by atoms with Gasteiger partial charge in [-0.15, -0.1) is 0 Å². The Labute approximate surface area is 187 Å². The molecule has 0 spiro atoms. The van der Waals surface area contributed by atoms with Gasteiger partial charge in [-0.05, 0) is 23.8 Å². The maximum Gasteiger partial charge on any atom is 0.416 e. The Morgan fingerprint density at radius 1 is 1.12 bits per heavy atom. The van der Waals surface area contributed by atoms with Crippen LogP contribution in [-0.4, -0.2) is 40.1 Å². The van der Waals surface area contributed by atoms with Crippen molar-refractivity contribution >= 4 is 11.8 Å². The van der Waals surface area contributed by atoms with Crippen LogP contribution in [0.5, 0.6) is 5.75 Å². The summed E-state index contributed by atoms with van der Waals surface area (Å²) >= 11 is 0. The number of fused-ring (bicyclic) bond motifs is 1. The van der Waals surface area contributed by atoms with Gasteiger partial charge in [0.25, 0.3) is 11.8 Å². The van der Waals surface area contributed by atoms with E-state index in [0.717, 1.165) is 17.7 Å². The second kappa shape index (κ2) is 8.97. The van der Waals surface area contributed by atoms with Crippen molar-refractivity contribution in [3.63, 3.8) is 0 Å². The van der Waals surface area contributed by atoms with Crippen LogP contribution in [0.1, 0.15) is 37.7 Å². The van der Waals surface area contributed by atoms with Crippen molar-refractivity contribution in [3.05, 3.63) is 82.7 Å². The molecular formula is C23H21F3N4O3. The number of methoxy groups -OCH3 is 1. The zero-order chi connectivity index (χ0) is 23.6. The molecule has 2 aromatic carbocycles. The molecule has 3 aromatic rings. The zero-order valence-corrected chi connectivity index (χ0v) is 17.7. The summed E-state index contributed by atoms with van der Waals surface area (Å²) in [7, 11) is 1.57. The van der Waals surface area contributed by atoms with Gasteiger partial charge in [0.1, 0.15) is 11.4 Å². The molecule has 10 heteroatoms. The molecule has 0 bridgehead atoms. The molecule has 0 radical (unpaired) electrons. The third kappa shape index (κ3) is 4.84. The van der Waals surface area contributed by atoms with E-state index >= 15 is 0 Å². The van der Waals surface area contributed by atoms with Crippen molar-refractivity contribution < 1.29 is 27.5 Å². The van der Waals surface area contributed by atoms with Crippen molar-refractivity contribution in [1.82, 2.24) is 20.0 Å². The van der Waals surface area contributed by atoms with Gasteiger partial charge in [-0.2, -0.15) is 18.3 Å². The van der Waals surface area contributed by atoms with Gasteiger partial charge in [-0.1, -0.05) is 30.3 Å². The van der Waals surface area contributed by atoms with Crippen LogP contribution in [-0.2, 0) is 25.8 Å². The molecule has 1 N–H and O–H groups in total. The van der Waals surface area contributed by atoms with Crippen LogP contribution in [0.2, 0.25) is 0 Å². The quantitative estimate of drug-likeness (QED) is 0.614. The maximum atomic E-state index is 13.0. The molecule has 1 aromatic heterocycles. The minimum atomic E-state index is -4.46. The Balaban J connectivity index is 1.44. The van der Waals surface area contributed by atoms with E-state index in [1.165, 1.54) is 22.9 Å². The first-order chi connectivity index (χ1) is 15.8. The number of aromatic nitrogens is 2. The fraction of sp³-hybridized carbons (Fsp3) is 0.261. The van der Waals surface area contributed by atoms with E-state index in [-0.39, 0.29) is 23.8 Å². The summed E-state index contributed by atoms with van der Waals surface area (Å²) in [4.78, 5) is 27.1. The van der Waals surface area contributed by atoms with Crippen LogP contribution >= 0.6 is 0 Å². The molecule has 0 unspecified atom stereocenters. The number of rotatable bonds is 6. The van der Waals surface area contributed by atoms with Gasteiger partial charge < -0.3 is 15.0 Å². The van der Waals surface area contributed by atoms with Gasteiger partial charge in [0.15, 0.2) is 5.69 Å². The number of carbonyl (C=O) groups excluding carboxylic acids is 2. The number of ether oxygens (including phenoxy) is 1. The summed E-state index contributed by atoms with van der Waals surface area (Å²) in [5, 5.41) is 6.76. The first kappa shape index (κ1) is 22.4. The summed E-state index contributed by atoms with van der Waals surface area (Å²) in [6.07, 6.45) is -4.46. The standard InChI is InChI=1S/C23H21F3N4O3/c1-33-20-8-3-2-6-16(20)14-29-9-10-30-19(22(29)32)12-18(28-30)21(31)27-13-15-5-4-7-17(11-15)23(24,25)26/h2-8,11-12H,9-10,13-14H2,1H3,(H,27,31). The highest BCUT2D eigenvalue weighted by molar-refractivity contribution is 5.98. The van der Waals surface area contributed by atoms with Crippen LogP contribution in [0.4, 0.5) is 13.2 Å². The van der Waals surface area contributed by atoms with Crippen molar-refractivity contribution in [2.24, 2.45) is 0 Å². The Morgan fingerprint density at radius 3 is 2.67 bits per heavy atom. The van der Waals surface area contributed by atoms with Gasteiger partial charge >= 0.3 is 6.18 Å². The molecule has 33 heavy (non-hydrogen) atoms. The maximum absolute atomic E-state index is 13.0. The number of halogens is 3. The molecular weight excluding hydrogens is 437 g/mol. The summed E-state index contributed by atoms with van der Waals surface area (Å²) in [5.41, 5.74) is 0.693. The molecule has 0 aliphatic carbocycles. The van der Waals surface area contributed by atoms with Crippen LogP contribution in [0.25, 0.3) is 0 Å². The second-order valence-electron chi connectivity index (χ2n) is 7.56. The number of para-hydroxylation sites is 1. The van der Waals surface area contributed by atoms with E-state index in [9.17, 15) is 22.8 Å². The molecule has 4 rings (SSSR count). The summed E-state index contributed by atoms with van der Waals surface area (Å²) in [6, 6.07) is 13.5. The SMILES string of the molecule is COc1ccccc1CN1CCn2nc(C(=O)NCc3cccc(C(F)(F)F)c3)cc2C1=O. The van der Waals surface area contributed by atoms with E-state index in [0.29, 0.717) is 30.9 Å². The lowest BCUT2D eigenvalue weighted by atomic mass is 10.1. The highest BCUT2D eigenvalue weighted by Gasteiger charge is 2.31. The third-order valence-corrected chi connectivity index (χ3v) is 5.36. The Hall–Kier alpha value is -3.82. The monoisotopic (exact) mass is 458 g/mol. The average Bonchev–Trinajstić information content (AvgIpc) is 3.25. The van der Waals surface area contributed by atoms with Gasteiger partial charge in [-0.3, -0.25) is 14.3 Å². The van der Waals surface area contributed by atoms with Gasteiger partial charge in [0.05, 0.1) is 19.2 Å². The Bertz CT molecular complexity index is 1190. The van der Waals surface area contributed by atoms with Gasteiger partial charge in [0, 0.05) is 31.3 Å². The smallest absolute Gasteiger partial charge is 0.416 e. The molecule has 1 aliphatic heterocycles. The van der Waals surface area contributed by atoms with Crippen molar-refractivity contribution in [1.29, 1.82) is 0 Å². The highest BCUT2D eigenvalue weighted by atomic mass is 19.4. The van der Waals surface area contributed by atoms with Gasteiger partial charge in [0.2, 0.25) is 0 Å². The molecule has 1 aliphatic rings. The van der Waals surface area contributed by atoms with Crippen LogP contribution in [0.3, 0.4) is 0 Å². The van der Waals surface area contributed by atoms with Crippen LogP contribution < -0.4 is 10.1 Å². The zero-order valence-electron chi connectivity index (χ0n) is 17.7. The van der Waals surface area contributed by atoms with Crippen molar-refractivity contribution in [2.45, 2.75) is 25.8 Å². The lowest BCUT2D eigenvalue weighted by Gasteiger charge is -2.28. The van der Waals surface area contributed by atoms with Gasteiger partial charge in [-0.25, -0.2) is 0 Å². The molecule has 7 nitrogen and oxygen atoms in total. The predicted molar refractivity (Wildman–Crippen MR) is 113 cm³/mol. The van der Waals surface area contributed by atoms with Crippen LogP contribution in [0.15, 0.2) is 54.6 Å². The number of hydrogen-bond donors (Lipinski definition) is 1. The molecule has 0 saturated heterocycles. The lowest BCUT2D eigenvalue weighted by molar-refractivity contribution is -0.137. The van der Waals surface area contributed by atoms with E-state index in [2.05, 4.69) is 10.4 Å². The highest BCUT2D eigenvalue weighted by Crippen LogP contribution is 2.29. The summed E-state index contributed by atoms with van der Waals surface area (Å²) < 4.78 is 45.4. The van der Waals surface area contributed by atoms with E-state index < -0.39 is 17.6 Å². The van der Waals surface area contributed by atoms with E-state index in [4.69, 9.17) is 4.74 Å². The van der Waals surface area contributed by atoms with Crippen LogP contribution in [0, 0.1) is 0 Å². The average molecular weight is 458 g/mol. The molecule has 0 saturated carbocycles. The summed E-state index contributed by atoms with van der Waals surface area (Å²) in [5.74, 6) is -0.158. The Morgan fingerprint density at radius 2 is 1.91 bits per heavy atom. The summed E-state index contributed by atoms with van der Waals surface area (Å²) in [6.45, 7) is 1.08. The number of amides is 2. The topological polar surface area (TPSA) is 76.5 Å². The van der Waals surface area contributed by atoms with Crippen molar-refractivity contribution in [3.8, 4) is 5.75 Å². The first-order valence-electron chi connectivity index (χ1n) is 10.2. The molecule has 172 valence electrons. The number of hydrogen-bond acceptors (Lipinski definition) is 4. The molecule has 0 atom stereocenters. The lowest BCUT2D eigenvalue weighted by Crippen LogP contribution is -2.39. The molecule has 2 heterocycles. The Kier molecular flexibility index (Phi) is 6.08. The molecule has 0 fully saturated rings. The number of benzene rings is 2. The number of nitrogens with zero attached hydrogens (tertiary/aromatic N) is 3. The normalized spacial score (nSPS) is 13.6. The number of alkyl halides is 3. The fourth-order valence-electron chi connectivity index (χ4n) is 3.67. The van der Waals surface area contributed by atoms with Crippen molar-refractivity contribution in [2.75, 3.05) is 13.7 Å². The molecule has 2 amide bonds. The minimum Gasteiger partial charge on any atom is -0.496 e. The first-order valence-corrected chi connectivity index (χ1v) is 10.2. The second-order valence-corrected chi connectivity index (χ2v) is 7.56. The fourth-order valence-corrected chi connectivity index (χ4v) is 3.67. The predicted octanol–water partition coefficient (Wildman–Crippen LogP) is 3.50.